The van der Waals surface area contributed by atoms with E-state index in [0.29, 0.717) is 13.0 Å². The van der Waals surface area contributed by atoms with Crippen LogP contribution in [0.15, 0.2) is 18.2 Å². The van der Waals surface area contributed by atoms with Gasteiger partial charge in [0.15, 0.2) is 0 Å². The molecule has 15 heavy (non-hydrogen) atoms. The molecule has 1 unspecified atom stereocenters. The van der Waals surface area contributed by atoms with Gasteiger partial charge in [-0.3, -0.25) is 4.79 Å². The summed E-state index contributed by atoms with van der Waals surface area (Å²) >= 11 is 0. The summed E-state index contributed by atoms with van der Waals surface area (Å²) in [5.74, 6) is -2.25. The fourth-order valence-corrected chi connectivity index (χ4v) is 1.89. The molecule has 0 aliphatic carbocycles. The molecule has 0 bridgehead atoms. The Kier molecular flexibility index (Phi) is 2.66. The third-order valence-electron chi connectivity index (χ3n) is 2.63. The maximum Gasteiger partial charge on any atom is 0.227 e. The maximum atomic E-state index is 13.4. The lowest BCUT2D eigenvalue weighted by Crippen LogP contribution is -2.35. The molecule has 0 spiro atoms. The Morgan fingerprint density at radius 1 is 1.27 bits per heavy atom. The lowest BCUT2D eigenvalue weighted by atomic mass is 9.90. The van der Waals surface area contributed by atoms with Crippen molar-refractivity contribution < 1.29 is 13.6 Å². The zero-order chi connectivity index (χ0) is 10.8. The van der Waals surface area contributed by atoms with Crippen LogP contribution in [0.4, 0.5) is 8.78 Å². The largest absolute Gasteiger partial charge is 0.356 e. The van der Waals surface area contributed by atoms with E-state index in [4.69, 9.17) is 0 Å². The molecule has 1 amide bonds. The minimum Gasteiger partial charge on any atom is -0.356 e. The second kappa shape index (κ2) is 3.96. The predicted octanol–water partition coefficient (Wildman–Crippen LogP) is 1.96. The van der Waals surface area contributed by atoms with Gasteiger partial charge in [-0.25, -0.2) is 8.78 Å². The highest BCUT2D eigenvalue weighted by Gasteiger charge is 2.28. The summed E-state index contributed by atoms with van der Waals surface area (Å²) in [5, 5.41) is 2.61. The number of benzene rings is 1. The molecule has 2 rings (SSSR count). The van der Waals surface area contributed by atoms with Crippen LogP contribution in [0.1, 0.15) is 24.3 Å². The number of halogens is 2. The van der Waals surface area contributed by atoms with Gasteiger partial charge in [-0.2, -0.15) is 0 Å². The van der Waals surface area contributed by atoms with Gasteiger partial charge in [0, 0.05) is 12.1 Å². The molecule has 0 radical (unpaired) electrons. The molecule has 1 atom stereocenters. The Bertz CT molecular complexity index is 372. The molecular formula is C11H11F2NO. The number of hydrogen-bond acceptors (Lipinski definition) is 1. The molecule has 80 valence electrons. The summed E-state index contributed by atoms with van der Waals surface area (Å²) in [4.78, 5) is 11.5. The fourth-order valence-electron chi connectivity index (χ4n) is 1.89. The van der Waals surface area contributed by atoms with Crippen molar-refractivity contribution in [1.82, 2.24) is 5.32 Å². The van der Waals surface area contributed by atoms with Crippen LogP contribution in [-0.4, -0.2) is 12.5 Å². The minimum atomic E-state index is -0.681. The first-order valence-corrected chi connectivity index (χ1v) is 4.92. The van der Waals surface area contributed by atoms with Crippen molar-refractivity contribution in [2.75, 3.05) is 6.54 Å². The maximum absolute atomic E-state index is 13.4. The Morgan fingerprint density at radius 3 is 2.53 bits per heavy atom. The van der Waals surface area contributed by atoms with E-state index in [1.807, 2.05) is 0 Å². The summed E-state index contributed by atoms with van der Waals surface area (Å²) < 4.78 is 26.8. The number of amides is 1. The zero-order valence-electron chi connectivity index (χ0n) is 8.09. The number of piperidine rings is 1. The molecule has 1 aliphatic rings. The molecule has 1 saturated heterocycles. The van der Waals surface area contributed by atoms with Crippen LogP contribution in [0.2, 0.25) is 0 Å². The van der Waals surface area contributed by atoms with Gasteiger partial charge >= 0.3 is 0 Å². The number of nitrogens with one attached hydrogen (secondary N) is 1. The van der Waals surface area contributed by atoms with Gasteiger partial charge in [-0.1, -0.05) is 6.07 Å². The Morgan fingerprint density at radius 2 is 1.93 bits per heavy atom. The molecule has 1 aromatic carbocycles. The van der Waals surface area contributed by atoms with Crippen LogP contribution in [0, 0.1) is 11.6 Å². The van der Waals surface area contributed by atoms with E-state index < -0.39 is 17.6 Å². The molecule has 1 aliphatic heterocycles. The van der Waals surface area contributed by atoms with E-state index >= 15 is 0 Å². The van der Waals surface area contributed by atoms with E-state index in [9.17, 15) is 13.6 Å². The van der Waals surface area contributed by atoms with Crippen molar-refractivity contribution in [2.45, 2.75) is 18.8 Å². The van der Waals surface area contributed by atoms with Crippen molar-refractivity contribution in [3.05, 3.63) is 35.4 Å². The van der Waals surface area contributed by atoms with Gasteiger partial charge in [0.05, 0.1) is 5.92 Å². The van der Waals surface area contributed by atoms with Gasteiger partial charge in [-0.15, -0.1) is 0 Å². The monoisotopic (exact) mass is 211 g/mol. The van der Waals surface area contributed by atoms with E-state index in [0.717, 1.165) is 6.42 Å². The lowest BCUT2D eigenvalue weighted by Gasteiger charge is -2.22. The highest BCUT2D eigenvalue weighted by atomic mass is 19.1. The number of carbonyl (C=O) groups excluding carboxylic acids is 1. The second-order valence-electron chi connectivity index (χ2n) is 3.62. The van der Waals surface area contributed by atoms with Crippen LogP contribution < -0.4 is 5.32 Å². The van der Waals surface area contributed by atoms with Crippen molar-refractivity contribution in [3.8, 4) is 0 Å². The third kappa shape index (κ3) is 1.84. The molecule has 1 fully saturated rings. The predicted molar refractivity (Wildman–Crippen MR) is 51.3 cm³/mol. The summed E-state index contributed by atoms with van der Waals surface area (Å²) in [6.07, 6.45) is 1.26. The lowest BCUT2D eigenvalue weighted by molar-refractivity contribution is -0.124. The smallest absolute Gasteiger partial charge is 0.227 e. The van der Waals surface area contributed by atoms with Crippen molar-refractivity contribution >= 4 is 5.91 Å². The van der Waals surface area contributed by atoms with Crippen LogP contribution in [0.3, 0.4) is 0 Å². The fraction of sp³-hybridized carbons (Fsp3) is 0.364. The molecule has 0 aromatic heterocycles. The van der Waals surface area contributed by atoms with E-state index in [1.165, 1.54) is 18.2 Å². The van der Waals surface area contributed by atoms with Crippen LogP contribution in [-0.2, 0) is 4.79 Å². The summed E-state index contributed by atoms with van der Waals surface area (Å²) in [6, 6.07) is 3.66. The first kappa shape index (κ1) is 10.1. The molecule has 4 heteroatoms. The minimum absolute atomic E-state index is 0.102. The highest BCUT2D eigenvalue weighted by molar-refractivity contribution is 5.84. The van der Waals surface area contributed by atoms with Gasteiger partial charge in [0.2, 0.25) is 5.91 Å². The summed E-state index contributed by atoms with van der Waals surface area (Å²) in [5.41, 5.74) is -0.102. The van der Waals surface area contributed by atoms with Gasteiger partial charge < -0.3 is 5.32 Å². The van der Waals surface area contributed by atoms with Crippen LogP contribution >= 0.6 is 0 Å². The molecule has 2 nitrogen and oxygen atoms in total. The summed E-state index contributed by atoms with van der Waals surface area (Å²) in [6.45, 7) is 0.589. The third-order valence-corrected chi connectivity index (χ3v) is 2.63. The zero-order valence-corrected chi connectivity index (χ0v) is 8.09. The SMILES string of the molecule is O=C1NCCCC1c1c(F)cccc1F. The van der Waals surface area contributed by atoms with Crippen LogP contribution in [0.5, 0.6) is 0 Å². The number of hydrogen-bond donors (Lipinski definition) is 1. The van der Waals surface area contributed by atoms with Gasteiger partial charge in [0.1, 0.15) is 11.6 Å². The second-order valence-corrected chi connectivity index (χ2v) is 3.62. The Hall–Kier alpha value is -1.45. The van der Waals surface area contributed by atoms with Crippen molar-refractivity contribution in [1.29, 1.82) is 0 Å². The number of rotatable bonds is 1. The summed E-state index contributed by atoms with van der Waals surface area (Å²) in [7, 11) is 0. The Labute approximate surface area is 86.3 Å². The van der Waals surface area contributed by atoms with E-state index in [1.54, 1.807) is 0 Å². The molecule has 1 N–H and O–H groups in total. The van der Waals surface area contributed by atoms with Crippen LogP contribution in [0.25, 0.3) is 0 Å². The average Bonchev–Trinajstić information content (AvgIpc) is 2.20. The van der Waals surface area contributed by atoms with Gasteiger partial charge in [-0.05, 0) is 25.0 Å². The number of carbonyl (C=O) groups is 1. The normalized spacial score (nSPS) is 21.2. The molecule has 1 aromatic rings. The molecular weight excluding hydrogens is 200 g/mol. The quantitative estimate of drug-likeness (QED) is 0.755. The molecule has 1 heterocycles. The first-order chi connectivity index (χ1) is 7.20. The van der Waals surface area contributed by atoms with Crippen molar-refractivity contribution in [3.63, 3.8) is 0 Å². The van der Waals surface area contributed by atoms with E-state index in [-0.39, 0.29) is 11.5 Å². The average molecular weight is 211 g/mol. The Balaban J connectivity index is 2.39. The highest BCUT2D eigenvalue weighted by Crippen LogP contribution is 2.28. The van der Waals surface area contributed by atoms with Gasteiger partial charge in [0.25, 0.3) is 0 Å². The molecule has 0 saturated carbocycles. The van der Waals surface area contributed by atoms with E-state index in [2.05, 4.69) is 5.32 Å². The first-order valence-electron chi connectivity index (χ1n) is 4.92. The standard InChI is InChI=1S/C11H11F2NO/c12-8-4-1-5-9(13)10(8)7-3-2-6-14-11(7)15/h1,4-5,7H,2-3,6H2,(H,14,15). The topological polar surface area (TPSA) is 29.1 Å². The van der Waals surface area contributed by atoms with Crippen molar-refractivity contribution in [2.24, 2.45) is 0 Å².